The molecule has 0 bridgehead atoms. The number of carbonyl (C=O) groups is 3. The van der Waals surface area contributed by atoms with Crippen LogP contribution in [0.4, 0.5) is 0 Å². The molecule has 0 saturated carbocycles. The second kappa shape index (κ2) is 9.93. The Balaban J connectivity index is 1.86. The molecule has 1 aromatic carbocycles. The van der Waals surface area contributed by atoms with Gasteiger partial charge in [0, 0.05) is 12.6 Å². The smallest absolute Gasteiger partial charge is 0.275 e. The first-order valence-corrected chi connectivity index (χ1v) is 10.3. The van der Waals surface area contributed by atoms with Crippen LogP contribution in [-0.2, 0) is 9.59 Å². The van der Waals surface area contributed by atoms with Crippen molar-refractivity contribution in [2.75, 3.05) is 53.4 Å². The molecule has 1 aromatic rings. The molecule has 8 heteroatoms. The number of piperazine rings is 1. The van der Waals surface area contributed by atoms with E-state index in [1.165, 1.54) is 12.0 Å². The molecule has 0 aromatic heterocycles. The molecule has 0 unspecified atom stereocenters. The number of nitrogens with zero attached hydrogens (tertiary/aromatic N) is 2. The summed E-state index contributed by atoms with van der Waals surface area (Å²) in [7, 11) is 3.15. The first kappa shape index (κ1) is 23.7. The van der Waals surface area contributed by atoms with Gasteiger partial charge in [-0.3, -0.25) is 14.4 Å². The van der Waals surface area contributed by atoms with Crippen molar-refractivity contribution in [3.05, 3.63) is 29.3 Å². The quantitative estimate of drug-likeness (QED) is 0.664. The number of ether oxygens (including phenoxy) is 1. The summed E-state index contributed by atoms with van der Waals surface area (Å²) >= 11 is 0. The van der Waals surface area contributed by atoms with E-state index in [2.05, 4.69) is 5.32 Å². The van der Waals surface area contributed by atoms with Gasteiger partial charge in [-0.25, -0.2) is 0 Å². The standard InChI is InChI=1S/C22H34N4O4/c1-16-7-8-18(30-6)17(13-16)21(29)24(5)15-20(28)26-11-9-25(10-12-26)14-19(27)23-22(2,3)4/h7-8,13H,9-12,14-15H2,1-6H3,(H,23,27)/p+1. The molecule has 2 rings (SSSR count). The number of hydrogen-bond donors (Lipinski definition) is 2. The zero-order chi connectivity index (χ0) is 22.5. The van der Waals surface area contributed by atoms with E-state index in [1.807, 2.05) is 33.8 Å². The lowest BCUT2D eigenvalue weighted by atomic mass is 10.1. The van der Waals surface area contributed by atoms with Gasteiger partial charge >= 0.3 is 0 Å². The fraction of sp³-hybridized carbons (Fsp3) is 0.591. The molecule has 1 aliphatic heterocycles. The molecule has 1 heterocycles. The summed E-state index contributed by atoms with van der Waals surface area (Å²) < 4.78 is 5.29. The van der Waals surface area contributed by atoms with Crippen LogP contribution in [0.3, 0.4) is 0 Å². The lowest BCUT2D eigenvalue weighted by molar-refractivity contribution is -0.896. The van der Waals surface area contributed by atoms with Crippen molar-refractivity contribution in [3.63, 3.8) is 0 Å². The Morgan fingerprint density at radius 1 is 1.20 bits per heavy atom. The summed E-state index contributed by atoms with van der Waals surface area (Å²) in [6, 6.07) is 5.41. The van der Waals surface area contributed by atoms with E-state index in [0.29, 0.717) is 44.0 Å². The summed E-state index contributed by atoms with van der Waals surface area (Å²) in [5, 5.41) is 2.97. The van der Waals surface area contributed by atoms with E-state index in [9.17, 15) is 14.4 Å². The molecule has 0 atom stereocenters. The van der Waals surface area contributed by atoms with Crippen LogP contribution in [0.1, 0.15) is 36.7 Å². The summed E-state index contributed by atoms with van der Waals surface area (Å²) in [5.41, 5.74) is 1.16. The third-order valence-electron chi connectivity index (χ3n) is 5.05. The molecule has 166 valence electrons. The molecule has 3 amide bonds. The molecular weight excluding hydrogens is 384 g/mol. The monoisotopic (exact) mass is 419 g/mol. The first-order valence-electron chi connectivity index (χ1n) is 10.3. The minimum absolute atomic E-state index is 0.00970. The van der Waals surface area contributed by atoms with Crippen molar-refractivity contribution < 1.29 is 24.0 Å². The Morgan fingerprint density at radius 3 is 2.40 bits per heavy atom. The van der Waals surface area contributed by atoms with Gasteiger partial charge in [0.15, 0.2) is 6.54 Å². The van der Waals surface area contributed by atoms with Crippen LogP contribution in [-0.4, -0.2) is 86.5 Å². The number of carbonyl (C=O) groups excluding carboxylic acids is 3. The highest BCUT2D eigenvalue weighted by Crippen LogP contribution is 2.21. The third-order valence-corrected chi connectivity index (χ3v) is 5.05. The van der Waals surface area contributed by atoms with Crippen LogP contribution in [0.15, 0.2) is 18.2 Å². The Hall–Kier alpha value is -2.61. The highest BCUT2D eigenvalue weighted by atomic mass is 16.5. The molecule has 1 fully saturated rings. The normalized spacial score (nSPS) is 14.9. The zero-order valence-electron chi connectivity index (χ0n) is 19.0. The average Bonchev–Trinajstić information content (AvgIpc) is 2.66. The van der Waals surface area contributed by atoms with Crippen LogP contribution in [0, 0.1) is 6.92 Å². The van der Waals surface area contributed by atoms with Gasteiger partial charge in [0.25, 0.3) is 11.8 Å². The Morgan fingerprint density at radius 2 is 1.83 bits per heavy atom. The number of nitrogens with one attached hydrogen (secondary N) is 2. The van der Waals surface area contributed by atoms with Crippen molar-refractivity contribution in [1.82, 2.24) is 15.1 Å². The number of likely N-dealkylation sites (N-methyl/N-ethyl adjacent to an activating group) is 1. The predicted octanol–water partition coefficient (Wildman–Crippen LogP) is -0.283. The van der Waals surface area contributed by atoms with E-state index < -0.39 is 0 Å². The number of benzene rings is 1. The maximum absolute atomic E-state index is 12.8. The van der Waals surface area contributed by atoms with Crippen LogP contribution in [0.5, 0.6) is 5.75 Å². The number of quaternary nitrogens is 1. The maximum Gasteiger partial charge on any atom is 0.275 e. The van der Waals surface area contributed by atoms with Gasteiger partial charge in [-0.1, -0.05) is 11.6 Å². The van der Waals surface area contributed by atoms with Gasteiger partial charge in [-0.15, -0.1) is 0 Å². The van der Waals surface area contributed by atoms with Gasteiger partial charge < -0.3 is 24.8 Å². The fourth-order valence-corrected chi connectivity index (χ4v) is 3.51. The molecule has 0 spiro atoms. The SMILES string of the molecule is COc1ccc(C)cc1C(=O)N(C)CC(=O)N1CC[NH+](CC(=O)NC(C)(C)C)CC1. The lowest BCUT2D eigenvalue weighted by Gasteiger charge is -2.33. The first-order chi connectivity index (χ1) is 14.0. The summed E-state index contributed by atoms with van der Waals surface area (Å²) in [6.45, 7) is 10.8. The lowest BCUT2D eigenvalue weighted by Crippen LogP contribution is -3.16. The molecular formula is C22H35N4O4+. The van der Waals surface area contributed by atoms with Crippen molar-refractivity contribution in [2.45, 2.75) is 33.2 Å². The van der Waals surface area contributed by atoms with Crippen molar-refractivity contribution in [3.8, 4) is 5.75 Å². The third kappa shape index (κ3) is 6.73. The predicted molar refractivity (Wildman–Crippen MR) is 115 cm³/mol. The minimum atomic E-state index is -0.245. The second-order valence-corrected chi connectivity index (χ2v) is 8.97. The van der Waals surface area contributed by atoms with Crippen LogP contribution >= 0.6 is 0 Å². The molecule has 8 nitrogen and oxygen atoms in total. The molecule has 30 heavy (non-hydrogen) atoms. The van der Waals surface area contributed by atoms with Crippen LogP contribution < -0.4 is 15.0 Å². The average molecular weight is 420 g/mol. The largest absolute Gasteiger partial charge is 0.496 e. The summed E-state index contributed by atoms with van der Waals surface area (Å²) in [6.07, 6.45) is 0. The van der Waals surface area contributed by atoms with Crippen LogP contribution in [0.2, 0.25) is 0 Å². The fourth-order valence-electron chi connectivity index (χ4n) is 3.51. The van der Waals surface area contributed by atoms with Crippen molar-refractivity contribution in [2.24, 2.45) is 0 Å². The Bertz CT molecular complexity index is 780. The Kier molecular flexibility index (Phi) is 7.83. The highest BCUT2D eigenvalue weighted by molar-refractivity contribution is 5.98. The van der Waals surface area contributed by atoms with E-state index >= 15 is 0 Å². The number of methoxy groups -OCH3 is 1. The van der Waals surface area contributed by atoms with Crippen molar-refractivity contribution in [1.29, 1.82) is 0 Å². The van der Waals surface area contributed by atoms with Gasteiger partial charge in [-0.2, -0.15) is 0 Å². The molecule has 2 N–H and O–H groups in total. The Labute approximate surface area is 179 Å². The van der Waals surface area contributed by atoms with Gasteiger partial charge in [-0.05, 0) is 39.8 Å². The number of hydrogen-bond acceptors (Lipinski definition) is 4. The summed E-state index contributed by atoms with van der Waals surface area (Å²) in [4.78, 5) is 42.0. The topological polar surface area (TPSA) is 83.4 Å². The summed E-state index contributed by atoms with van der Waals surface area (Å²) in [5.74, 6) is 0.188. The molecule has 0 radical (unpaired) electrons. The van der Waals surface area contributed by atoms with E-state index in [1.54, 1.807) is 24.1 Å². The number of amides is 3. The van der Waals surface area contributed by atoms with E-state index in [4.69, 9.17) is 4.74 Å². The van der Waals surface area contributed by atoms with Gasteiger partial charge in [0.2, 0.25) is 5.91 Å². The van der Waals surface area contributed by atoms with Gasteiger partial charge in [0.05, 0.1) is 45.4 Å². The number of aryl methyl sites for hydroxylation is 1. The molecule has 1 aliphatic rings. The zero-order valence-corrected chi connectivity index (χ0v) is 19.0. The van der Waals surface area contributed by atoms with E-state index in [-0.39, 0.29) is 29.8 Å². The minimum Gasteiger partial charge on any atom is -0.496 e. The highest BCUT2D eigenvalue weighted by Gasteiger charge is 2.28. The van der Waals surface area contributed by atoms with Gasteiger partial charge in [0.1, 0.15) is 5.75 Å². The molecule has 0 aliphatic carbocycles. The van der Waals surface area contributed by atoms with Crippen molar-refractivity contribution >= 4 is 17.7 Å². The second-order valence-electron chi connectivity index (χ2n) is 8.97. The van der Waals surface area contributed by atoms with Crippen LogP contribution in [0.25, 0.3) is 0 Å². The molecule has 1 saturated heterocycles. The maximum atomic E-state index is 12.8. The number of rotatable bonds is 6. The van der Waals surface area contributed by atoms with E-state index in [0.717, 1.165) is 10.5 Å².